The predicted octanol–water partition coefficient (Wildman–Crippen LogP) is 16.6. The second kappa shape index (κ2) is 30.6. The lowest BCUT2D eigenvalue weighted by molar-refractivity contribution is 0.0492. The van der Waals surface area contributed by atoms with Gasteiger partial charge < -0.3 is 37.3 Å². The molecule has 5 rings (SSSR count). The number of fused-ring (bicyclic) bond motifs is 2. The van der Waals surface area contributed by atoms with Gasteiger partial charge in [0.2, 0.25) is 11.8 Å². The molecule has 0 atom stereocenters. The third kappa shape index (κ3) is 16.1. The molecule has 374 valence electrons. The van der Waals surface area contributed by atoms with Crippen molar-refractivity contribution in [3.05, 3.63) is 43.8 Å². The van der Waals surface area contributed by atoms with Gasteiger partial charge in [0.05, 0.1) is 61.8 Å². The zero-order chi connectivity index (χ0) is 48.4. The number of ether oxygens (including phenoxy) is 6. The third-order valence-electron chi connectivity index (χ3n) is 11.4. The van der Waals surface area contributed by atoms with E-state index in [-0.39, 0.29) is 36.1 Å². The highest BCUT2D eigenvalue weighted by molar-refractivity contribution is 7.12. The van der Waals surface area contributed by atoms with Gasteiger partial charge in [-0.25, -0.2) is 19.6 Å². The predicted molar refractivity (Wildman–Crippen MR) is 278 cm³/mol. The van der Waals surface area contributed by atoms with Crippen molar-refractivity contribution in [2.75, 3.05) is 39.6 Å². The number of thiophene rings is 2. The summed E-state index contributed by atoms with van der Waals surface area (Å²) in [5.74, 6) is 1.59. The van der Waals surface area contributed by atoms with E-state index < -0.39 is 11.9 Å². The molecule has 1 aromatic carbocycles. The van der Waals surface area contributed by atoms with Crippen LogP contribution in [0.25, 0.3) is 21.9 Å². The van der Waals surface area contributed by atoms with E-state index in [1.807, 2.05) is 24.6 Å². The molecule has 0 aliphatic rings. The van der Waals surface area contributed by atoms with Gasteiger partial charge in [-0.05, 0) is 50.7 Å². The lowest BCUT2D eigenvalue weighted by Gasteiger charge is -2.10. The van der Waals surface area contributed by atoms with Crippen LogP contribution in [0.15, 0.2) is 41.7 Å². The van der Waals surface area contributed by atoms with E-state index in [9.17, 15) is 9.59 Å². The molecule has 4 aromatic heterocycles. The summed E-state index contributed by atoms with van der Waals surface area (Å²) in [5, 5.41) is 4.74. The molecule has 0 N–H and O–H groups in total. The molecule has 0 saturated heterocycles. The summed E-state index contributed by atoms with van der Waals surface area (Å²) in [6.45, 7) is 15.6. The summed E-state index contributed by atoms with van der Waals surface area (Å²) in [4.78, 5) is 39.0. The maximum absolute atomic E-state index is 14.0. The van der Waals surface area contributed by atoms with Gasteiger partial charge in [-0.1, -0.05) is 131 Å². The Morgan fingerprint density at radius 3 is 1.18 bits per heavy atom. The highest BCUT2D eigenvalue weighted by atomic mass is 32.1. The van der Waals surface area contributed by atoms with Crippen molar-refractivity contribution in [3.8, 4) is 23.0 Å². The molecule has 0 fully saturated rings. The van der Waals surface area contributed by atoms with E-state index in [1.54, 1.807) is 24.6 Å². The summed E-state index contributed by atoms with van der Waals surface area (Å²) in [6.07, 6.45) is 23.7. The minimum atomic E-state index is -0.578. The molecule has 68 heavy (non-hydrogen) atoms. The number of esters is 2. The quantitative estimate of drug-likeness (QED) is 0.0216. The van der Waals surface area contributed by atoms with Crippen LogP contribution in [0.3, 0.4) is 0 Å². The lowest BCUT2D eigenvalue weighted by Crippen LogP contribution is -2.06. The number of unbranched alkanes of at least 4 members (excludes halogenated alkanes) is 14. The lowest BCUT2D eigenvalue weighted by atomic mass is 10.1. The van der Waals surface area contributed by atoms with Gasteiger partial charge in [-0.2, -0.15) is 0 Å². The summed E-state index contributed by atoms with van der Waals surface area (Å²) in [5.41, 5.74) is 0.933. The van der Waals surface area contributed by atoms with Crippen LogP contribution in [0.4, 0.5) is 11.8 Å². The minimum Gasteiger partial charge on any atom is -0.489 e. The van der Waals surface area contributed by atoms with E-state index in [4.69, 9.17) is 47.2 Å². The van der Waals surface area contributed by atoms with E-state index in [2.05, 4.69) is 27.7 Å². The molecule has 4 heterocycles. The van der Waals surface area contributed by atoms with Gasteiger partial charge in [0, 0.05) is 21.5 Å². The van der Waals surface area contributed by atoms with Crippen LogP contribution in [-0.2, 0) is 9.47 Å². The van der Waals surface area contributed by atoms with Gasteiger partial charge in [0.1, 0.15) is 22.3 Å². The third-order valence-corrected chi connectivity index (χ3v) is 13.2. The van der Waals surface area contributed by atoms with E-state index in [0.717, 1.165) is 112 Å². The highest BCUT2D eigenvalue weighted by Gasteiger charge is 2.28. The van der Waals surface area contributed by atoms with Crippen molar-refractivity contribution in [2.24, 2.45) is 9.98 Å². The molecule has 5 aromatic rings. The molecule has 12 nitrogen and oxygen atoms in total. The number of furan rings is 2. The maximum atomic E-state index is 14.0. The molecule has 0 aliphatic carbocycles. The number of carbonyl (C=O) groups excluding carboxylic acids is 2. The van der Waals surface area contributed by atoms with Crippen molar-refractivity contribution >= 4 is 80.7 Å². The Bertz CT molecular complexity index is 2160. The van der Waals surface area contributed by atoms with Crippen molar-refractivity contribution < 1.29 is 46.8 Å². The fourth-order valence-corrected chi connectivity index (χ4v) is 8.99. The van der Waals surface area contributed by atoms with Gasteiger partial charge in [-0.15, -0.1) is 22.7 Å². The Hall–Kier alpha value is -4.82. The molecule has 0 bridgehead atoms. The standard InChI is InChI=1S/C54H76N2O10S2/c1-7-13-19-23-29-59-43-37-67-45(49(43)61-31-25-21-15-9-3)35-55-51-47(53(57)63-27-17-11-5)39-33-42-40(34-41(39)65-51)48(54(58)64-28-18-12-6)52(66-42)56-36-46-50(62-32-26-22-16-10-4)44(38-68-46)60-30-24-20-14-8-2/h33-38H,7-32H2,1-6H3/b55-35+,56-36+. The van der Waals surface area contributed by atoms with Crippen LogP contribution in [0.2, 0.25) is 0 Å². The first-order valence-electron chi connectivity index (χ1n) is 25.6. The number of nitrogens with zero attached hydrogens (tertiary/aromatic N) is 2. The topological polar surface area (TPSA) is 141 Å². The first-order valence-corrected chi connectivity index (χ1v) is 27.3. The van der Waals surface area contributed by atoms with Crippen molar-refractivity contribution in [3.63, 3.8) is 0 Å². The fourth-order valence-electron chi connectivity index (χ4n) is 7.41. The molecule has 14 heteroatoms. The summed E-state index contributed by atoms with van der Waals surface area (Å²) >= 11 is 2.91. The number of benzene rings is 1. The van der Waals surface area contributed by atoms with Gasteiger partial charge in [0.25, 0.3) is 0 Å². The Morgan fingerprint density at radius 1 is 0.471 bits per heavy atom. The Balaban J connectivity index is 1.54. The Labute approximate surface area is 412 Å². The first-order chi connectivity index (χ1) is 33.4. The number of aliphatic imine (C=N–C) groups is 2. The van der Waals surface area contributed by atoms with Crippen molar-refractivity contribution in [1.82, 2.24) is 0 Å². The smallest absolute Gasteiger partial charge is 0.344 e. The molecular weight excluding hydrogens is 901 g/mol. The number of hydrogen-bond donors (Lipinski definition) is 0. The monoisotopic (exact) mass is 976 g/mol. The summed E-state index contributed by atoms with van der Waals surface area (Å²) in [6, 6.07) is 3.37. The zero-order valence-corrected chi connectivity index (χ0v) is 43.3. The molecular formula is C54H76N2O10S2. The summed E-state index contributed by atoms with van der Waals surface area (Å²) < 4.78 is 49.5. The molecule has 0 aliphatic heterocycles. The van der Waals surface area contributed by atoms with Crippen molar-refractivity contribution in [2.45, 2.75) is 170 Å². The molecule has 0 amide bonds. The van der Waals surface area contributed by atoms with Gasteiger partial charge >= 0.3 is 11.9 Å². The van der Waals surface area contributed by atoms with E-state index in [1.165, 1.54) is 35.5 Å². The largest absolute Gasteiger partial charge is 0.489 e. The van der Waals surface area contributed by atoms with Crippen LogP contribution in [0, 0.1) is 0 Å². The normalized spacial score (nSPS) is 11.7. The highest BCUT2D eigenvalue weighted by Crippen LogP contribution is 2.43. The molecule has 0 unspecified atom stereocenters. The average molecular weight is 977 g/mol. The Kier molecular flexibility index (Phi) is 24.4. The SMILES string of the molecule is CCCCCCOc1csc(/C=N/c2oc3cc4c(C(=O)OCCCC)c(/N=C/c5scc(OCCCCCC)c5OCCCCCC)oc4cc3c2C(=O)OCCCC)c1OCCCCCC. The fraction of sp³-hybridized carbons (Fsp3) is 0.593. The number of hydrogen-bond acceptors (Lipinski definition) is 14. The van der Waals surface area contributed by atoms with Gasteiger partial charge in [0.15, 0.2) is 23.0 Å². The Morgan fingerprint density at radius 2 is 0.824 bits per heavy atom. The van der Waals surface area contributed by atoms with Crippen LogP contribution >= 0.6 is 22.7 Å². The average Bonchev–Trinajstić information content (AvgIpc) is 4.11. The first kappa shape index (κ1) is 54.1. The van der Waals surface area contributed by atoms with E-state index >= 15 is 0 Å². The summed E-state index contributed by atoms with van der Waals surface area (Å²) in [7, 11) is 0. The zero-order valence-electron chi connectivity index (χ0n) is 41.6. The molecule has 0 radical (unpaired) electrons. The minimum absolute atomic E-state index is 0.0621. The van der Waals surface area contributed by atoms with Crippen LogP contribution < -0.4 is 18.9 Å². The number of carbonyl (C=O) groups is 2. The second-order valence-corrected chi connectivity index (χ2v) is 18.9. The van der Waals surface area contributed by atoms with Gasteiger partial charge in [-0.3, -0.25) is 0 Å². The molecule has 0 spiro atoms. The maximum Gasteiger partial charge on any atom is 0.344 e. The second-order valence-electron chi connectivity index (χ2n) is 17.1. The molecule has 0 saturated carbocycles. The van der Waals surface area contributed by atoms with Crippen LogP contribution in [0.5, 0.6) is 23.0 Å². The van der Waals surface area contributed by atoms with Crippen LogP contribution in [0.1, 0.15) is 200 Å². The number of rotatable bonds is 36. The van der Waals surface area contributed by atoms with Crippen LogP contribution in [-0.4, -0.2) is 64.0 Å². The van der Waals surface area contributed by atoms with Crippen molar-refractivity contribution in [1.29, 1.82) is 0 Å². The van der Waals surface area contributed by atoms with E-state index in [0.29, 0.717) is 84.2 Å².